The number of carboxylic acids is 1. The molecule has 0 radical (unpaired) electrons. The fourth-order valence-electron chi connectivity index (χ4n) is 3.82. The summed E-state index contributed by atoms with van der Waals surface area (Å²) in [7, 11) is 0. The second-order valence-electron chi connectivity index (χ2n) is 9.03. The summed E-state index contributed by atoms with van der Waals surface area (Å²) in [4.78, 5) is 28.3. The van der Waals surface area contributed by atoms with Crippen LogP contribution in [0.1, 0.15) is 67.4 Å². The van der Waals surface area contributed by atoms with Gasteiger partial charge in [-0.15, -0.1) is 11.3 Å². The van der Waals surface area contributed by atoms with Gasteiger partial charge in [-0.3, -0.25) is 10.1 Å². The molecule has 6 nitrogen and oxygen atoms in total. The Labute approximate surface area is 241 Å². The Morgan fingerprint density at radius 3 is 2.54 bits per heavy atom. The van der Waals surface area contributed by atoms with Crippen LogP contribution in [-0.2, 0) is 16.0 Å². The van der Waals surface area contributed by atoms with Crippen LogP contribution in [0.5, 0.6) is 0 Å². The van der Waals surface area contributed by atoms with Crippen molar-refractivity contribution in [3.8, 4) is 11.3 Å². The highest BCUT2D eigenvalue weighted by atomic mass is 35.5. The third-order valence-corrected chi connectivity index (χ3v) is 7.38. The van der Waals surface area contributed by atoms with E-state index in [9.17, 15) is 9.59 Å². The van der Waals surface area contributed by atoms with E-state index in [-0.39, 0.29) is 32.1 Å². The molecule has 1 aromatic heterocycles. The summed E-state index contributed by atoms with van der Waals surface area (Å²) in [5.74, 6) is -1.94. The Bertz CT molecular complexity index is 1320. The van der Waals surface area contributed by atoms with Gasteiger partial charge in [0, 0.05) is 40.9 Å². The highest BCUT2D eigenvalue weighted by Crippen LogP contribution is 2.31. The number of carboxylic acid groups (broad SMARTS) is 1. The molecule has 0 aliphatic carbocycles. The van der Waals surface area contributed by atoms with Gasteiger partial charge in [-0.1, -0.05) is 61.5 Å². The average molecular weight is 594 g/mol. The molecule has 208 valence electrons. The summed E-state index contributed by atoms with van der Waals surface area (Å²) >= 11 is 13.7. The zero-order valence-corrected chi connectivity index (χ0v) is 24.2. The van der Waals surface area contributed by atoms with Gasteiger partial charge < -0.3 is 9.84 Å². The monoisotopic (exact) mass is 592 g/mol. The van der Waals surface area contributed by atoms with Gasteiger partial charge in [-0.05, 0) is 56.0 Å². The summed E-state index contributed by atoms with van der Waals surface area (Å²) in [6, 6.07) is 8.02. The quantitative estimate of drug-likeness (QED) is 0.145. The van der Waals surface area contributed by atoms with Crippen LogP contribution in [0.25, 0.3) is 17.3 Å². The maximum absolute atomic E-state index is 15.2. The maximum atomic E-state index is 15.2. The Balaban J connectivity index is 1.63. The number of carbonyl (C=O) groups is 2. The summed E-state index contributed by atoms with van der Waals surface area (Å²) in [6.45, 7) is 4.91. The molecule has 0 aliphatic heterocycles. The molecule has 1 amide bonds. The number of halogens is 3. The molecular weight excluding hydrogens is 562 g/mol. The minimum atomic E-state index is -1.10. The largest absolute Gasteiger partial charge is 0.478 e. The van der Waals surface area contributed by atoms with Gasteiger partial charge in [-0.2, -0.15) is 0 Å². The molecule has 2 N–H and O–H groups in total. The van der Waals surface area contributed by atoms with Crippen molar-refractivity contribution in [1.29, 1.82) is 0 Å². The number of aliphatic carboxylic acids is 1. The van der Waals surface area contributed by atoms with E-state index < -0.39 is 11.9 Å². The number of ether oxygens (including phenoxy) is 1. The van der Waals surface area contributed by atoms with E-state index in [1.807, 2.05) is 0 Å². The number of aryl methyl sites for hydroxylation is 1. The van der Waals surface area contributed by atoms with E-state index >= 15 is 4.39 Å². The topological polar surface area (TPSA) is 88.5 Å². The van der Waals surface area contributed by atoms with Gasteiger partial charge in [0.25, 0.3) is 5.91 Å². The van der Waals surface area contributed by atoms with E-state index in [2.05, 4.69) is 17.2 Å². The van der Waals surface area contributed by atoms with Crippen molar-refractivity contribution in [2.45, 2.75) is 52.4 Å². The first-order valence-electron chi connectivity index (χ1n) is 12.7. The molecule has 39 heavy (non-hydrogen) atoms. The lowest BCUT2D eigenvalue weighted by atomic mass is 10.0. The van der Waals surface area contributed by atoms with Crippen LogP contribution < -0.4 is 5.32 Å². The number of carbonyl (C=O) groups excluding carboxylic acids is 1. The van der Waals surface area contributed by atoms with Gasteiger partial charge in [-0.25, -0.2) is 14.2 Å². The molecule has 0 aliphatic rings. The van der Waals surface area contributed by atoms with Gasteiger partial charge in [0.15, 0.2) is 5.13 Å². The number of aromatic nitrogens is 1. The first kappa shape index (κ1) is 30.8. The van der Waals surface area contributed by atoms with Crippen LogP contribution in [0.15, 0.2) is 41.3 Å². The first-order chi connectivity index (χ1) is 18.7. The molecule has 2 aromatic carbocycles. The van der Waals surface area contributed by atoms with Crippen molar-refractivity contribution < 1.29 is 23.8 Å². The zero-order chi connectivity index (χ0) is 28.4. The van der Waals surface area contributed by atoms with Crippen LogP contribution in [0.4, 0.5) is 9.52 Å². The number of anilines is 1. The second-order valence-corrected chi connectivity index (χ2v) is 10.7. The summed E-state index contributed by atoms with van der Waals surface area (Å²) in [6.07, 6.45) is 7.25. The standard InChI is InChI=1S/C29H31Cl2FN2O4S/c1-3-4-5-6-12-38-13-8-10-19-9-7-11-21(26(19)32)25-17-39-29(33-25)34-27(35)20-15-23(30)22(24(31)16-20)14-18(2)28(36)37/h7,9,11,14-17H,3-6,8,10,12-13H2,1-2H3,(H,36,37)(H,33,34,35). The van der Waals surface area contributed by atoms with Crippen LogP contribution in [0, 0.1) is 5.82 Å². The lowest BCUT2D eigenvalue weighted by molar-refractivity contribution is -0.132. The molecule has 1 heterocycles. The molecular formula is C29H31Cl2FN2O4S. The van der Waals surface area contributed by atoms with Gasteiger partial charge in [0.2, 0.25) is 0 Å². The SMILES string of the molecule is CCCCCCOCCCc1cccc(-c2csc(NC(=O)c3cc(Cl)c(C=C(C)C(=O)O)c(Cl)c3)n2)c1F. The van der Waals surface area contributed by atoms with Crippen molar-refractivity contribution >= 4 is 57.6 Å². The molecule has 0 atom stereocenters. The average Bonchev–Trinajstić information content (AvgIpc) is 3.36. The fraction of sp³-hybridized carbons (Fsp3) is 0.345. The number of nitrogens with zero attached hydrogens (tertiary/aromatic N) is 1. The lowest BCUT2D eigenvalue weighted by Crippen LogP contribution is -2.12. The Kier molecular flexibility index (Phi) is 11.9. The third kappa shape index (κ3) is 8.86. The molecule has 3 rings (SSSR count). The molecule has 0 saturated heterocycles. The van der Waals surface area contributed by atoms with Crippen LogP contribution >= 0.6 is 34.5 Å². The van der Waals surface area contributed by atoms with Gasteiger partial charge in [0.1, 0.15) is 5.82 Å². The number of hydrogen-bond acceptors (Lipinski definition) is 5. The van der Waals surface area contributed by atoms with Gasteiger partial charge in [0.05, 0.1) is 15.7 Å². The number of benzene rings is 2. The molecule has 0 bridgehead atoms. The number of rotatable bonds is 14. The molecule has 3 aromatic rings. The van der Waals surface area contributed by atoms with E-state index in [1.165, 1.54) is 55.7 Å². The van der Waals surface area contributed by atoms with Crippen LogP contribution in [0.3, 0.4) is 0 Å². The maximum Gasteiger partial charge on any atom is 0.331 e. The number of amides is 1. The van der Waals surface area contributed by atoms with Crippen LogP contribution in [0.2, 0.25) is 10.0 Å². The molecule has 10 heteroatoms. The Morgan fingerprint density at radius 2 is 1.85 bits per heavy atom. The molecule has 0 fully saturated rings. The predicted octanol–water partition coefficient (Wildman–Crippen LogP) is 8.53. The molecule has 0 spiro atoms. The second kappa shape index (κ2) is 15.1. The zero-order valence-electron chi connectivity index (χ0n) is 21.9. The van der Waals surface area contributed by atoms with Gasteiger partial charge >= 0.3 is 5.97 Å². The van der Waals surface area contributed by atoms with Crippen molar-refractivity contribution in [2.24, 2.45) is 0 Å². The number of hydrogen-bond donors (Lipinski definition) is 2. The van der Waals surface area contributed by atoms with Crippen molar-refractivity contribution in [1.82, 2.24) is 4.98 Å². The third-order valence-electron chi connectivity index (χ3n) is 6.00. The van der Waals surface area contributed by atoms with Crippen molar-refractivity contribution in [2.75, 3.05) is 18.5 Å². The fourth-order valence-corrected chi connectivity index (χ4v) is 5.13. The molecule has 0 unspecified atom stereocenters. The minimum absolute atomic E-state index is 0.0498. The van der Waals surface area contributed by atoms with E-state index in [0.717, 1.165) is 19.4 Å². The van der Waals surface area contributed by atoms with Crippen LogP contribution in [-0.4, -0.2) is 35.2 Å². The summed E-state index contributed by atoms with van der Waals surface area (Å²) < 4.78 is 20.9. The van der Waals surface area contributed by atoms with Crippen molar-refractivity contribution in [3.05, 3.63) is 73.8 Å². The first-order valence-corrected chi connectivity index (χ1v) is 14.4. The number of unbranched alkanes of at least 4 members (excludes halogenated alkanes) is 3. The summed E-state index contributed by atoms with van der Waals surface area (Å²) in [5.41, 5.74) is 1.90. The summed E-state index contributed by atoms with van der Waals surface area (Å²) in [5, 5.41) is 14.0. The van der Waals surface area contributed by atoms with E-state index in [0.29, 0.717) is 35.4 Å². The normalized spacial score (nSPS) is 11.6. The highest BCUT2D eigenvalue weighted by molar-refractivity contribution is 7.14. The Hall–Kier alpha value is -2.78. The lowest BCUT2D eigenvalue weighted by Gasteiger charge is -2.08. The van der Waals surface area contributed by atoms with Crippen molar-refractivity contribution in [3.63, 3.8) is 0 Å². The Morgan fingerprint density at radius 1 is 1.13 bits per heavy atom. The minimum Gasteiger partial charge on any atom is -0.478 e. The van der Waals surface area contributed by atoms with E-state index in [1.54, 1.807) is 23.6 Å². The predicted molar refractivity (Wildman–Crippen MR) is 156 cm³/mol. The number of nitrogens with one attached hydrogen (secondary N) is 1. The number of thiazole rings is 1. The molecule has 0 saturated carbocycles. The van der Waals surface area contributed by atoms with E-state index in [4.69, 9.17) is 33.0 Å². The smallest absolute Gasteiger partial charge is 0.331 e. The highest BCUT2D eigenvalue weighted by Gasteiger charge is 2.17.